The van der Waals surface area contributed by atoms with Gasteiger partial charge in [0, 0.05) is 23.5 Å². The number of fused-ring (bicyclic) bond motifs is 1. The van der Waals surface area contributed by atoms with Crippen LogP contribution in [0.4, 0.5) is 20.4 Å². The third-order valence-corrected chi connectivity index (χ3v) is 6.72. The summed E-state index contributed by atoms with van der Waals surface area (Å²) in [6.07, 6.45) is 7.82. The summed E-state index contributed by atoms with van der Waals surface area (Å²) in [6, 6.07) is 11.9. The van der Waals surface area contributed by atoms with Crippen LogP contribution < -0.4 is 10.6 Å². The smallest absolute Gasteiger partial charge is 0.268 e. The third kappa shape index (κ3) is 4.32. The first-order chi connectivity index (χ1) is 16.9. The zero-order chi connectivity index (χ0) is 24.2. The average molecular weight is 495 g/mol. The number of carbonyl (C=O) groups excluding carboxylic acids is 1. The van der Waals surface area contributed by atoms with Crippen molar-refractivity contribution >= 4 is 34.8 Å². The van der Waals surface area contributed by atoms with Gasteiger partial charge in [-0.05, 0) is 48.1 Å². The fourth-order valence-corrected chi connectivity index (χ4v) is 4.68. The molecule has 1 aromatic carbocycles. The SMILES string of the molecule is O=C(Nc1cc(NCc2cn3cc(C4CC4)ccc3n2)ncn1)[C@@H]1[C@@H](c2cccc(Cl)c2)C1(F)F. The van der Waals surface area contributed by atoms with Crippen molar-refractivity contribution in [2.45, 2.75) is 37.1 Å². The average Bonchev–Trinajstić information content (AvgIpc) is 3.72. The van der Waals surface area contributed by atoms with E-state index in [2.05, 4.69) is 37.8 Å². The van der Waals surface area contributed by atoms with Gasteiger partial charge in [0.1, 0.15) is 29.5 Å². The van der Waals surface area contributed by atoms with Gasteiger partial charge in [-0.25, -0.2) is 23.7 Å². The van der Waals surface area contributed by atoms with Crippen LogP contribution in [0.5, 0.6) is 0 Å². The molecular formula is C25H21ClF2N6O. The normalized spacial score (nSPS) is 20.5. The zero-order valence-electron chi connectivity index (χ0n) is 18.5. The van der Waals surface area contributed by atoms with Crippen molar-refractivity contribution in [2.24, 2.45) is 5.92 Å². The first kappa shape index (κ1) is 21.9. The highest BCUT2D eigenvalue weighted by atomic mass is 35.5. The molecule has 4 aromatic rings. The van der Waals surface area contributed by atoms with E-state index in [0.29, 0.717) is 28.9 Å². The Balaban J connectivity index is 1.11. The molecule has 0 saturated heterocycles. The molecule has 2 atom stereocenters. The number of hydrogen-bond acceptors (Lipinski definition) is 5. The van der Waals surface area contributed by atoms with Gasteiger partial charge in [0.15, 0.2) is 0 Å². The number of rotatable bonds is 7. The number of carbonyl (C=O) groups is 1. The van der Waals surface area contributed by atoms with Crippen molar-refractivity contribution in [2.75, 3.05) is 10.6 Å². The van der Waals surface area contributed by atoms with E-state index in [4.69, 9.17) is 11.6 Å². The van der Waals surface area contributed by atoms with E-state index in [0.717, 1.165) is 11.3 Å². The van der Waals surface area contributed by atoms with Crippen molar-refractivity contribution < 1.29 is 13.6 Å². The minimum atomic E-state index is -3.15. The summed E-state index contributed by atoms with van der Waals surface area (Å²) in [5.41, 5.74) is 3.35. The number of alkyl halides is 2. The highest BCUT2D eigenvalue weighted by Gasteiger charge is 2.72. The van der Waals surface area contributed by atoms with Crippen molar-refractivity contribution in [3.8, 4) is 0 Å². The van der Waals surface area contributed by atoms with Crippen LogP contribution in [0.3, 0.4) is 0 Å². The van der Waals surface area contributed by atoms with E-state index in [1.54, 1.807) is 18.2 Å². The van der Waals surface area contributed by atoms with Crippen molar-refractivity contribution in [1.82, 2.24) is 19.4 Å². The quantitative estimate of drug-likeness (QED) is 0.366. The second-order valence-electron chi connectivity index (χ2n) is 9.05. The topological polar surface area (TPSA) is 84.2 Å². The molecule has 2 N–H and O–H groups in total. The summed E-state index contributed by atoms with van der Waals surface area (Å²) >= 11 is 5.93. The van der Waals surface area contributed by atoms with Gasteiger partial charge < -0.3 is 15.0 Å². The van der Waals surface area contributed by atoms with Crippen LogP contribution in [-0.2, 0) is 11.3 Å². The first-order valence-corrected chi connectivity index (χ1v) is 11.7. The molecular weight excluding hydrogens is 474 g/mol. The Morgan fingerprint density at radius 1 is 1.09 bits per heavy atom. The molecule has 35 heavy (non-hydrogen) atoms. The number of pyridine rings is 1. The second kappa shape index (κ2) is 8.27. The minimum absolute atomic E-state index is 0.143. The number of nitrogens with zero attached hydrogens (tertiary/aromatic N) is 4. The number of benzene rings is 1. The lowest BCUT2D eigenvalue weighted by Crippen LogP contribution is -2.18. The first-order valence-electron chi connectivity index (χ1n) is 11.4. The lowest BCUT2D eigenvalue weighted by atomic mass is 10.1. The number of imidazole rings is 1. The van der Waals surface area contributed by atoms with Gasteiger partial charge in [-0.1, -0.05) is 29.8 Å². The third-order valence-electron chi connectivity index (χ3n) is 6.49. The van der Waals surface area contributed by atoms with Gasteiger partial charge in [0.05, 0.1) is 18.2 Å². The fourth-order valence-electron chi connectivity index (χ4n) is 4.48. The predicted molar refractivity (Wildman–Crippen MR) is 128 cm³/mol. The van der Waals surface area contributed by atoms with Crippen molar-refractivity contribution in [3.05, 3.63) is 83.0 Å². The van der Waals surface area contributed by atoms with Crippen LogP contribution in [0.2, 0.25) is 5.02 Å². The number of nitrogens with one attached hydrogen (secondary N) is 2. The van der Waals surface area contributed by atoms with Crippen molar-refractivity contribution in [1.29, 1.82) is 0 Å². The Kier molecular flexibility index (Phi) is 5.17. The van der Waals surface area contributed by atoms with Gasteiger partial charge in [0.25, 0.3) is 5.92 Å². The van der Waals surface area contributed by atoms with E-state index < -0.39 is 23.7 Å². The Hall–Kier alpha value is -3.59. The van der Waals surface area contributed by atoms with Crippen LogP contribution in [0.1, 0.15) is 41.5 Å². The van der Waals surface area contributed by atoms with Gasteiger partial charge in [-0.2, -0.15) is 0 Å². The molecule has 3 aromatic heterocycles. The highest BCUT2D eigenvalue weighted by molar-refractivity contribution is 6.30. The minimum Gasteiger partial charge on any atom is -0.364 e. The number of aromatic nitrogens is 4. The molecule has 2 aliphatic carbocycles. The lowest BCUT2D eigenvalue weighted by molar-refractivity contribution is -0.119. The monoisotopic (exact) mass is 494 g/mol. The molecule has 178 valence electrons. The summed E-state index contributed by atoms with van der Waals surface area (Å²) < 4.78 is 30.9. The molecule has 0 aliphatic heterocycles. The fraction of sp³-hybridized carbons (Fsp3) is 0.280. The largest absolute Gasteiger partial charge is 0.364 e. The van der Waals surface area contributed by atoms with E-state index in [1.165, 1.54) is 36.9 Å². The molecule has 10 heteroatoms. The molecule has 0 bridgehead atoms. The molecule has 1 amide bonds. The molecule has 0 unspecified atom stereocenters. The van der Waals surface area contributed by atoms with E-state index >= 15 is 0 Å². The Morgan fingerprint density at radius 3 is 2.71 bits per heavy atom. The van der Waals surface area contributed by atoms with Gasteiger partial charge >= 0.3 is 0 Å². The Morgan fingerprint density at radius 2 is 1.91 bits per heavy atom. The van der Waals surface area contributed by atoms with Gasteiger partial charge in [-0.3, -0.25) is 4.79 Å². The summed E-state index contributed by atoms with van der Waals surface area (Å²) in [7, 11) is 0. The molecule has 3 heterocycles. The van der Waals surface area contributed by atoms with E-state index in [9.17, 15) is 13.6 Å². The number of hydrogen-bond donors (Lipinski definition) is 2. The second-order valence-corrected chi connectivity index (χ2v) is 9.49. The maximum atomic E-state index is 14.4. The summed E-state index contributed by atoms with van der Waals surface area (Å²) in [5.74, 6) is -5.39. The maximum absolute atomic E-state index is 14.4. The van der Waals surface area contributed by atoms with Crippen LogP contribution in [-0.4, -0.2) is 31.2 Å². The lowest BCUT2D eigenvalue weighted by Gasteiger charge is -2.07. The van der Waals surface area contributed by atoms with Gasteiger partial charge in [0.2, 0.25) is 5.91 Å². The summed E-state index contributed by atoms with van der Waals surface area (Å²) in [4.78, 5) is 25.4. The number of anilines is 2. The summed E-state index contributed by atoms with van der Waals surface area (Å²) in [5, 5.41) is 5.99. The molecule has 2 saturated carbocycles. The molecule has 6 rings (SSSR count). The summed E-state index contributed by atoms with van der Waals surface area (Å²) in [6.45, 7) is 0.405. The standard InChI is InChI=1S/C25H21ClF2N6O/c26-17-3-1-2-15(8-17)22-23(25(22,27)28)24(35)33-20-9-19(30-13-31-20)29-10-18-12-34-11-16(14-4-5-14)6-7-21(34)32-18/h1-3,6-9,11-14,22-23H,4-5,10H2,(H2,29,30,31,33,35)/t22-,23+/m1/s1. The molecule has 0 radical (unpaired) electrons. The predicted octanol–water partition coefficient (Wildman–Crippen LogP) is 5.25. The molecule has 7 nitrogen and oxygen atoms in total. The molecule has 2 aliphatic rings. The Labute approximate surface area is 204 Å². The Bertz CT molecular complexity index is 1440. The molecule has 2 fully saturated rings. The molecule has 0 spiro atoms. The van der Waals surface area contributed by atoms with Crippen LogP contribution in [0.25, 0.3) is 5.65 Å². The maximum Gasteiger partial charge on any atom is 0.268 e. The van der Waals surface area contributed by atoms with Crippen LogP contribution >= 0.6 is 11.6 Å². The van der Waals surface area contributed by atoms with E-state index in [1.807, 2.05) is 16.7 Å². The number of amides is 1. The highest BCUT2D eigenvalue weighted by Crippen LogP contribution is 2.62. The van der Waals surface area contributed by atoms with Gasteiger partial charge in [-0.15, -0.1) is 0 Å². The van der Waals surface area contributed by atoms with Crippen LogP contribution in [0.15, 0.2) is 61.2 Å². The zero-order valence-corrected chi connectivity index (χ0v) is 19.2. The van der Waals surface area contributed by atoms with E-state index in [-0.39, 0.29) is 5.82 Å². The van der Waals surface area contributed by atoms with Crippen molar-refractivity contribution in [3.63, 3.8) is 0 Å². The number of halogens is 3. The van der Waals surface area contributed by atoms with Crippen LogP contribution in [0, 0.1) is 5.92 Å².